The van der Waals surface area contributed by atoms with Gasteiger partial charge >= 0.3 is 0 Å². The minimum atomic E-state index is -0.588. The Morgan fingerprint density at radius 3 is 2.61 bits per heavy atom. The Morgan fingerprint density at radius 1 is 1.04 bits per heavy atom. The number of carbonyl (C=O) groups excluding carboxylic acids is 2. The van der Waals surface area contributed by atoms with Crippen LogP contribution in [-0.4, -0.2) is 35.4 Å². The van der Waals surface area contributed by atoms with Gasteiger partial charge in [-0.3, -0.25) is 14.4 Å². The second kappa shape index (κ2) is 5.88. The van der Waals surface area contributed by atoms with E-state index in [1.807, 2.05) is 0 Å². The van der Waals surface area contributed by atoms with Crippen molar-refractivity contribution in [3.8, 4) is 11.5 Å². The summed E-state index contributed by atoms with van der Waals surface area (Å²) in [6.07, 6.45) is 0. The van der Waals surface area contributed by atoms with E-state index in [9.17, 15) is 14.4 Å². The second-order valence-electron chi connectivity index (χ2n) is 5.93. The zero-order chi connectivity index (χ0) is 19.6. The largest absolute Gasteiger partial charge is 0.497 e. The molecule has 4 aromatic rings. The van der Waals surface area contributed by atoms with Crippen molar-refractivity contribution in [3.05, 3.63) is 50.6 Å². The lowest BCUT2D eigenvalue weighted by Crippen LogP contribution is -2.31. The maximum absolute atomic E-state index is 13.2. The van der Waals surface area contributed by atoms with Gasteiger partial charge in [-0.2, -0.15) is 0 Å². The summed E-state index contributed by atoms with van der Waals surface area (Å²) in [5, 5.41) is 1.77. The number of nitrogens with zero attached hydrogens (tertiary/aromatic N) is 3. The first kappa shape index (κ1) is 16.9. The number of carbonyl (C=O) groups is 2. The van der Waals surface area contributed by atoms with Crippen LogP contribution in [0.25, 0.3) is 15.2 Å². The van der Waals surface area contributed by atoms with Crippen molar-refractivity contribution in [1.82, 2.24) is 9.38 Å². The molecule has 1 aliphatic heterocycles. The van der Waals surface area contributed by atoms with Crippen LogP contribution < -0.4 is 19.9 Å². The molecule has 0 atom stereocenters. The fourth-order valence-corrected chi connectivity index (χ4v) is 5.03. The number of thiophene rings is 1. The summed E-state index contributed by atoms with van der Waals surface area (Å²) >= 11 is 2.28. The fourth-order valence-electron chi connectivity index (χ4n) is 3.22. The molecule has 0 unspecified atom stereocenters. The Bertz CT molecular complexity index is 1370. The zero-order valence-corrected chi connectivity index (χ0v) is 16.2. The molecule has 0 N–H and O–H groups in total. The van der Waals surface area contributed by atoms with E-state index in [1.54, 1.807) is 29.6 Å². The number of hydrogen-bond acceptors (Lipinski definition) is 8. The van der Waals surface area contributed by atoms with Crippen LogP contribution >= 0.6 is 22.7 Å². The summed E-state index contributed by atoms with van der Waals surface area (Å²) in [5.74, 6) is -0.261. The van der Waals surface area contributed by atoms with Gasteiger partial charge in [0.15, 0.2) is 4.96 Å². The second-order valence-corrected chi connectivity index (χ2v) is 7.83. The summed E-state index contributed by atoms with van der Waals surface area (Å²) in [5.41, 5.74) is 0.532. The number of benzene rings is 1. The van der Waals surface area contributed by atoms with Gasteiger partial charge in [0.2, 0.25) is 0 Å². The lowest BCUT2D eigenvalue weighted by Gasteiger charge is -2.18. The molecule has 0 bridgehead atoms. The Hall–Kier alpha value is -3.24. The van der Waals surface area contributed by atoms with Gasteiger partial charge in [-0.05, 0) is 23.6 Å². The van der Waals surface area contributed by atoms with Gasteiger partial charge < -0.3 is 9.47 Å². The molecule has 0 saturated carbocycles. The Balaban J connectivity index is 1.73. The molecule has 0 spiro atoms. The first-order valence-electron chi connectivity index (χ1n) is 8.08. The third kappa shape index (κ3) is 2.09. The molecule has 3 aromatic heterocycles. The molecular weight excluding hydrogens is 402 g/mol. The molecule has 1 aromatic carbocycles. The first-order chi connectivity index (χ1) is 13.5. The highest BCUT2D eigenvalue weighted by atomic mass is 32.1. The highest BCUT2D eigenvalue weighted by molar-refractivity contribution is 7.20. The summed E-state index contributed by atoms with van der Waals surface area (Å²) in [7, 11) is 2.95. The third-order valence-electron chi connectivity index (χ3n) is 4.51. The van der Waals surface area contributed by atoms with Crippen LogP contribution in [0, 0.1) is 0 Å². The van der Waals surface area contributed by atoms with E-state index < -0.39 is 11.8 Å². The molecule has 0 fully saturated rings. The summed E-state index contributed by atoms with van der Waals surface area (Å²) < 4.78 is 12.2. The number of aromatic nitrogens is 2. The Labute approximate surface area is 165 Å². The average Bonchev–Trinajstić information content (AvgIpc) is 3.38. The van der Waals surface area contributed by atoms with E-state index >= 15 is 0 Å². The van der Waals surface area contributed by atoms with Gasteiger partial charge in [0, 0.05) is 6.07 Å². The number of ether oxygens (including phenoxy) is 2. The molecular formula is C18H11N3O5S2. The molecule has 10 heteroatoms. The molecule has 140 valence electrons. The van der Waals surface area contributed by atoms with E-state index in [-0.39, 0.29) is 21.8 Å². The van der Waals surface area contributed by atoms with Crippen molar-refractivity contribution in [2.75, 3.05) is 19.1 Å². The van der Waals surface area contributed by atoms with Crippen LogP contribution in [0.2, 0.25) is 0 Å². The first-order valence-corrected chi connectivity index (χ1v) is 9.78. The average molecular weight is 413 g/mol. The third-order valence-corrected chi connectivity index (χ3v) is 6.43. The predicted molar refractivity (Wildman–Crippen MR) is 105 cm³/mol. The van der Waals surface area contributed by atoms with Crippen LogP contribution in [0.1, 0.15) is 20.2 Å². The van der Waals surface area contributed by atoms with Crippen molar-refractivity contribution in [2.24, 2.45) is 0 Å². The molecule has 0 aliphatic carbocycles. The van der Waals surface area contributed by atoms with Gasteiger partial charge in [0.05, 0.1) is 25.4 Å². The maximum Gasteiger partial charge on any atom is 0.284 e. The topological polar surface area (TPSA) is 90.2 Å². The van der Waals surface area contributed by atoms with Gasteiger partial charge in [0.25, 0.3) is 17.4 Å². The van der Waals surface area contributed by atoms with E-state index in [0.717, 1.165) is 16.2 Å². The number of thiazole rings is 1. The minimum absolute atomic E-state index is 0.0377. The number of amides is 2. The number of anilines is 1. The lowest BCUT2D eigenvalue weighted by atomic mass is 10.2. The number of imide groups is 1. The summed E-state index contributed by atoms with van der Waals surface area (Å²) in [6.45, 7) is 0. The smallest absolute Gasteiger partial charge is 0.284 e. The van der Waals surface area contributed by atoms with Crippen molar-refractivity contribution in [1.29, 1.82) is 0 Å². The summed E-state index contributed by atoms with van der Waals surface area (Å²) in [6, 6.07) is 6.53. The summed E-state index contributed by atoms with van der Waals surface area (Å²) in [4.78, 5) is 45.0. The molecule has 0 radical (unpaired) electrons. The van der Waals surface area contributed by atoms with E-state index in [4.69, 9.17) is 9.47 Å². The molecule has 1 aliphatic rings. The number of rotatable bonds is 3. The Kier molecular flexibility index (Phi) is 3.55. The minimum Gasteiger partial charge on any atom is -0.497 e. The normalized spacial score (nSPS) is 13.6. The maximum atomic E-state index is 13.2. The van der Waals surface area contributed by atoms with Crippen molar-refractivity contribution >= 4 is 55.4 Å². The molecule has 8 nitrogen and oxygen atoms in total. The monoisotopic (exact) mass is 413 g/mol. The number of hydrogen-bond donors (Lipinski definition) is 0. The molecule has 4 heterocycles. The van der Waals surface area contributed by atoms with Crippen LogP contribution in [0.3, 0.4) is 0 Å². The van der Waals surface area contributed by atoms with Gasteiger partial charge in [0.1, 0.15) is 26.8 Å². The van der Waals surface area contributed by atoms with E-state index in [2.05, 4.69) is 4.98 Å². The molecule has 28 heavy (non-hydrogen) atoms. The molecule has 2 amide bonds. The van der Waals surface area contributed by atoms with Crippen molar-refractivity contribution in [2.45, 2.75) is 0 Å². The number of fused-ring (bicyclic) bond motifs is 4. The molecule has 0 saturated heterocycles. The SMILES string of the molecule is COc1ccc(N2C(=O)c3sc4nc5ccsc5c(=O)n4c3C2=O)c(OC)c1. The van der Waals surface area contributed by atoms with E-state index in [1.165, 1.54) is 30.0 Å². The lowest BCUT2D eigenvalue weighted by molar-refractivity contribution is 0.0924. The van der Waals surface area contributed by atoms with Crippen LogP contribution in [-0.2, 0) is 0 Å². The van der Waals surface area contributed by atoms with Crippen LogP contribution in [0.15, 0.2) is 34.4 Å². The zero-order valence-electron chi connectivity index (χ0n) is 14.6. The van der Waals surface area contributed by atoms with E-state index in [0.29, 0.717) is 26.7 Å². The van der Waals surface area contributed by atoms with Gasteiger partial charge in [-0.25, -0.2) is 14.3 Å². The Morgan fingerprint density at radius 2 is 1.86 bits per heavy atom. The highest BCUT2D eigenvalue weighted by Crippen LogP contribution is 2.39. The standard InChI is InChI=1S/C18H11N3O5S2/c1-25-8-3-4-10(11(7-8)26-2)20-15(22)12-14(17(20)24)28-18-19-9-5-6-27-13(9)16(23)21(12)18/h3-7H,1-2H3. The quantitative estimate of drug-likeness (QED) is 0.480. The van der Waals surface area contributed by atoms with Gasteiger partial charge in [-0.15, -0.1) is 11.3 Å². The number of methoxy groups -OCH3 is 2. The molecule has 5 rings (SSSR count). The van der Waals surface area contributed by atoms with Gasteiger partial charge in [-0.1, -0.05) is 11.3 Å². The van der Waals surface area contributed by atoms with Crippen LogP contribution in [0.4, 0.5) is 5.69 Å². The predicted octanol–water partition coefficient (Wildman–Crippen LogP) is 2.79. The van der Waals surface area contributed by atoms with Crippen molar-refractivity contribution < 1.29 is 19.1 Å². The van der Waals surface area contributed by atoms with Crippen LogP contribution in [0.5, 0.6) is 11.5 Å². The van der Waals surface area contributed by atoms with Crippen molar-refractivity contribution in [3.63, 3.8) is 0 Å². The fraction of sp³-hybridized carbons (Fsp3) is 0.111. The highest BCUT2D eigenvalue weighted by Gasteiger charge is 2.43.